The molecule has 1 aliphatic heterocycles. The van der Waals surface area contributed by atoms with E-state index < -0.39 is 0 Å². The lowest BCUT2D eigenvalue weighted by Gasteiger charge is -2.16. The average molecular weight is 299 g/mol. The van der Waals surface area contributed by atoms with E-state index in [-0.39, 0.29) is 11.9 Å². The Morgan fingerprint density at radius 3 is 2.91 bits per heavy atom. The first-order valence-corrected chi connectivity index (χ1v) is 8.54. The molecule has 0 bridgehead atoms. The first kappa shape index (κ1) is 15.1. The van der Waals surface area contributed by atoms with Crippen LogP contribution in [0.25, 0.3) is 10.9 Å². The highest BCUT2D eigenvalue weighted by atomic mass is 16.5. The predicted octanol–water partition coefficient (Wildman–Crippen LogP) is 4.42. The second-order valence-corrected chi connectivity index (χ2v) is 6.08. The van der Waals surface area contributed by atoms with Crippen molar-refractivity contribution in [2.24, 2.45) is 0 Å². The number of carbonyl (C=O) groups excluding carboxylic acids is 1. The van der Waals surface area contributed by atoms with Crippen molar-refractivity contribution in [3.05, 3.63) is 35.5 Å². The van der Waals surface area contributed by atoms with Crippen LogP contribution in [-0.4, -0.2) is 17.1 Å². The summed E-state index contributed by atoms with van der Waals surface area (Å²) in [6, 6.07) is 8.50. The Bertz CT molecular complexity index is 671. The lowest BCUT2D eigenvalue weighted by atomic mass is 9.90. The largest absolute Gasteiger partial charge is 0.466 e. The summed E-state index contributed by atoms with van der Waals surface area (Å²) in [4.78, 5) is 12.6. The molecule has 3 rings (SSSR count). The summed E-state index contributed by atoms with van der Waals surface area (Å²) in [6.07, 6.45) is 5.30. The number of ether oxygens (including phenoxy) is 1. The Morgan fingerprint density at radius 1 is 1.32 bits per heavy atom. The van der Waals surface area contributed by atoms with Crippen LogP contribution >= 0.6 is 0 Å². The van der Waals surface area contributed by atoms with Gasteiger partial charge in [-0.15, -0.1) is 0 Å². The number of fused-ring (bicyclic) bond motifs is 3. The smallest absolute Gasteiger partial charge is 0.313 e. The minimum atomic E-state index is -0.112. The molecule has 1 aromatic carbocycles. The molecular formula is C19H25NO2. The number of esters is 1. The van der Waals surface area contributed by atoms with Crippen LogP contribution < -0.4 is 0 Å². The molecule has 3 nitrogen and oxygen atoms in total. The summed E-state index contributed by atoms with van der Waals surface area (Å²) >= 11 is 0. The Labute approximate surface area is 132 Å². The van der Waals surface area contributed by atoms with Crippen LogP contribution in [0.4, 0.5) is 0 Å². The van der Waals surface area contributed by atoms with Crippen molar-refractivity contribution < 1.29 is 9.53 Å². The number of rotatable bonds is 6. The molecule has 0 unspecified atom stereocenters. The summed E-state index contributed by atoms with van der Waals surface area (Å²) in [5.41, 5.74) is 3.87. The van der Waals surface area contributed by atoms with Gasteiger partial charge >= 0.3 is 5.97 Å². The lowest BCUT2D eigenvalue weighted by molar-refractivity contribution is -0.145. The molecule has 3 heteroatoms. The van der Waals surface area contributed by atoms with E-state index in [1.807, 2.05) is 6.92 Å². The molecule has 118 valence electrons. The van der Waals surface area contributed by atoms with Gasteiger partial charge in [-0.1, -0.05) is 38.0 Å². The van der Waals surface area contributed by atoms with Gasteiger partial charge < -0.3 is 9.30 Å². The third-order valence-electron chi connectivity index (χ3n) is 4.68. The number of aryl methyl sites for hydroxylation is 1. The van der Waals surface area contributed by atoms with Gasteiger partial charge in [0.2, 0.25) is 0 Å². The highest BCUT2D eigenvalue weighted by molar-refractivity contribution is 5.92. The zero-order valence-electron chi connectivity index (χ0n) is 13.6. The van der Waals surface area contributed by atoms with E-state index in [1.54, 1.807) is 0 Å². The quantitative estimate of drug-likeness (QED) is 0.739. The number of benzene rings is 1. The second-order valence-electron chi connectivity index (χ2n) is 6.08. The molecular weight excluding hydrogens is 274 g/mol. The number of carbonyl (C=O) groups is 1. The summed E-state index contributed by atoms with van der Waals surface area (Å²) < 4.78 is 7.79. The van der Waals surface area contributed by atoms with Gasteiger partial charge in [0.15, 0.2) is 0 Å². The fourth-order valence-corrected chi connectivity index (χ4v) is 3.73. The van der Waals surface area contributed by atoms with Gasteiger partial charge in [0, 0.05) is 23.1 Å². The molecule has 0 spiro atoms. The van der Waals surface area contributed by atoms with E-state index in [0.717, 1.165) is 32.2 Å². The maximum atomic E-state index is 12.6. The first-order valence-electron chi connectivity index (χ1n) is 8.54. The third-order valence-corrected chi connectivity index (χ3v) is 4.68. The molecule has 0 saturated heterocycles. The molecule has 2 heterocycles. The van der Waals surface area contributed by atoms with Crippen molar-refractivity contribution >= 4 is 16.9 Å². The molecule has 1 aliphatic rings. The molecule has 0 fully saturated rings. The predicted molar refractivity (Wildman–Crippen MR) is 89.2 cm³/mol. The van der Waals surface area contributed by atoms with Crippen molar-refractivity contribution in [2.75, 3.05) is 6.61 Å². The van der Waals surface area contributed by atoms with Crippen molar-refractivity contribution in [1.29, 1.82) is 0 Å². The van der Waals surface area contributed by atoms with Crippen molar-refractivity contribution in [1.82, 2.24) is 4.57 Å². The minimum Gasteiger partial charge on any atom is -0.466 e. The molecule has 0 amide bonds. The van der Waals surface area contributed by atoms with Crippen molar-refractivity contribution in [2.45, 2.75) is 58.4 Å². The molecule has 1 atom stereocenters. The van der Waals surface area contributed by atoms with Gasteiger partial charge in [0.05, 0.1) is 12.5 Å². The maximum Gasteiger partial charge on any atom is 0.313 e. The number of aromatic nitrogens is 1. The Hall–Kier alpha value is -1.77. The van der Waals surface area contributed by atoms with Crippen LogP contribution in [-0.2, 0) is 22.5 Å². The molecule has 0 N–H and O–H groups in total. The molecule has 2 aromatic rings. The number of para-hydroxylation sites is 1. The molecule has 0 aliphatic carbocycles. The lowest BCUT2D eigenvalue weighted by Crippen LogP contribution is -2.17. The fourth-order valence-electron chi connectivity index (χ4n) is 3.73. The Balaban J connectivity index is 2.10. The number of hydrogen-bond donors (Lipinski definition) is 0. The first-order chi connectivity index (χ1) is 10.8. The van der Waals surface area contributed by atoms with E-state index in [4.69, 9.17) is 4.74 Å². The Kier molecular flexibility index (Phi) is 4.51. The summed E-state index contributed by atoms with van der Waals surface area (Å²) in [7, 11) is 0. The van der Waals surface area contributed by atoms with Crippen LogP contribution in [0.3, 0.4) is 0 Å². The minimum absolute atomic E-state index is 0.0537. The van der Waals surface area contributed by atoms with Gasteiger partial charge in [-0.25, -0.2) is 0 Å². The topological polar surface area (TPSA) is 31.2 Å². The van der Waals surface area contributed by atoms with Gasteiger partial charge in [-0.3, -0.25) is 4.79 Å². The van der Waals surface area contributed by atoms with Gasteiger partial charge in [-0.05, 0) is 37.8 Å². The Morgan fingerprint density at radius 2 is 2.14 bits per heavy atom. The number of hydrogen-bond acceptors (Lipinski definition) is 2. The van der Waals surface area contributed by atoms with Gasteiger partial charge in [0.25, 0.3) is 0 Å². The molecule has 0 saturated carbocycles. The highest BCUT2D eigenvalue weighted by Crippen LogP contribution is 2.38. The van der Waals surface area contributed by atoms with E-state index >= 15 is 0 Å². The van der Waals surface area contributed by atoms with E-state index in [1.165, 1.54) is 28.6 Å². The van der Waals surface area contributed by atoms with Gasteiger partial charge in [-0.2, -0.15) is 0 Å². The summed E-state index contributed by atoms with van der Waals surface area (Å²) in [5.74, 6) is -0.166. The number of unbranched alkanes of at least 4 members (excludes halogenated alkanes) is 1. The van der Waals surface area contributed by atoms with Crippen LogP contribution in [0.1, 0.15) is 56.7 Å². The summed E-state index contributed by atoms with van der Waals surface area (Å²) in [5, 5.41) is 1.24. The van der Waals surface area contributed by atoms with Crippen molar-refractivity contribution in [3.63, 3.8) is 0 Å². The SMILES string of the molecule is CCCC[C@@H](C(=O)OCC)c1c2n(c3ccccc13)CCC2. The summed E-state index contributed by atoms with van der Waals surface area (Å²) in [6.45, 7) is 5.58. The fraction of sp³-hybridized carbons (Fsp3) is 0.526. The molecule has 0 radical (unpaired) electrons. The molecule has 1 aromatic heterocycles. The zero-order chi connectivity index (χ0) is 15.5. The van der Waals surface area contributed by atoms with Crippen LogP contribution in [0, 0.1) is 0 Å². The monoisotopic (exact) mass is 299 g/mol. The maximum absolute atomic E-state index is 12.6. The van der Waals surface area contributed by atoms with Crippen LogP contribution in [0.2, 0.25) is 0 Å². The van der Waals surface area contributed by atoms with Crippen molar-refractivity contribution in [3.8, 4) is 0 Å². The zero-order valence-corrected chi connectivity index (χ0v) is 13.6. The van der Waals surface area contributed by atoms with Crippen LogP contribution in [0.5, 0.6) is 0 Å². The van der Waals surface area contributed by atoms with Gasteiger partial charge in [0.1, 0.15) is 0 Å². The third kappa shape index (κ3) is 2.53. The van der Waals surface area contributed by atoms with E-state index in [0.29, 0.717) is 6.61 Å². The second kappa shape index (κ2) is 6.55. The number of nitrogens with zero attached hydrogens (tertiary/aromatic N) is 1. The van der Waals surface area contributed by atoms with E-state index in [9.17, 15) is 4.79 Å². The molecule has 22 heavy (non-hydrogen) atoms. The average Bonchev–Trinajstić information content (AvgIpc) is 3.10. The van der Waals surface area contributed by atoms with E-state index in [2.05, 4.69) is 35.8 Å². The highest BCUT2D eigenvalue weighted by Gasteiger charge is 2.30. The van der Waals surface area contributed by atoms with Crippen LogP contribution in [0.15, 0.2) is 24.3 Å². The normalized spacial score (nSPS) is 15.0. The standard InChI is InChI=1S/C19H25NO2/c1-3-5-9-15(19(21)22-4-2)18-14-10-6-7-11-16(14)20-13-8-12-17(18)20/h6-7,10-11,15H,3-5,8-9,12-13H2,1-2H3/t15-/m1/s1.